The van der Waals surface area contributed by atoms with Gasteiger partial charge in [-0.05, 0) is 71.3 Å². The Morgan fingerprint density at radius 3 is 2.73 bits per heavy atom. The molecule has 1 heterocycles. The monoisotopic (exact) mass is 310 g/mol. The minimum Gasteiger partial charge on any atom is -0.511 e. The van der Waals surface area contributed by atoms with Crippen molar-refractivity contribution < 1.29 is 9.90 Å². The number of fused-ring (bicyclic) bond motifs is 2. The summed E-state index contributed by atoms with van der Waals surface area (Å²) in [5.41, 5.74) is 4.80. The van der Waals surface area contributed by atoms with Gasteiger partial charge < -0.3 is 5.11 Å². The molecule has 1 N–H and O–H groups in total. The van der Waals surface area contributed by atoms with E-state index in [4.69, 9.17) is 0 Å². The third-order valence-corrected chi connectivity index (χ3v) is 5.74. The average Bonchev–Trinajstić information content (AvgIpc) is 3.18. The first-order valence-electron chi connectivity index (χ1n) is 7.76. The molecule has 4 rings (SSSR count). The lowest BCUT2D eigenvalue weighted by Gasteiger charge is -2.23. The maximum atomic E-state index is 12.7. The number of carbonyl (C=O) groups is 1. The van der Waals surface area contributed by atoms with Crippen molar-refractivity contribution >= 4 is 22.7 Å². The van der Waals surface area contributed by atoms with Crippen molar-refractivity contribution in [3.63, 3.8) is 0 Å². The minimum absolute atomic E-state index is 0.111. The zero-order valence-corrected chi connectivity index (χ0v) is 13.3. The van der Waals surface area contributed by atoms with Gasteiger partial charge in [-0.3, -0.25) is 4.79 Å². The van der Waals surface area contributed by atoms with Gasteiger partial charge in [0, 0.05) is 11.8 Å². The van der Waals surface area contributed by atoms with Crippen molar-refractivity contribution in [1.29, 1.82) is 0 Å². The number of allylic oxidation sites excluding steroid dienone is 2. The Kier molecular flexibility index (Phi) is 3.19. The molecular weight excluding hydrogens is 292 g/mol. The lowest BCUT2D eigenvalue weighted by molar-refractivity contribution is -0.117. The summed E-state index contributed by atoms with van der Waals surface area (Å²) in [6.07, 6.45) is 2.69. The molecule has 2 bridgehead atoms. The Balaban J connectivity index is 1.87. The van der Waals surface area contributed by atoms with Gasteiger partial charge in [0.05, 0.1) is 5.57 Å². The Labute approximate surface area is 134 Å². The van der Waals surface area contributed by atoms with E-state index >= 15 is 0 Å². The number of benzene rings is 1. The van der Waals surface area contributed by atoms with Crippen LogP contribution in [0.5, 0.6) is 0 Å². The normalized spacial score (nSPS) is 24.1. The Morgan fingerprint density at radius 1 is 1.14 bits per heavy atom. The molecule has 0 spiro atoms. The largest absolute Gasteiger partial charge is 0.511 e. The number of carbonyl (C=O) groups excluding carboxylic acids is 1. The molecule has 22 heavy (non-hydrogen) atoms. The van der Waals surface area contributed by atoms with Gasteiger partial charge in [-0.25, -0.2) is 0 Å². The lowest BCUT2D eigenvalue weighted by Crippen LogP contribution is -2.21. The van der Waals surface area contributed by atoms with Crippen LogP contribution in [-0.4, -0.2) is 10.9 Å². The number of aryl methyl sites for hydroxylation is 1. The first-order valence-corrected chi connectivity index (χ1v) is 8.70. The molecule has 112 valence electrons. The van der Waals surface area contributed by atoms with Gasteiger partial charge in [0.15, 0.2) is 5.78 Å². The fourth-order valence-corrected chi connectivity index (χ4v) is 4.44. The zero-order valence-electron chi connectivity index (χ0n) is 12.5. The van der Waals surface area contributed by atoms with E-state index in [1.165, 1.54) is 0 Å². The number of aliphatic hydroxyl groups excluding tert-OH is 1. The molecule has 1 saturated carbocycles. The summed E-state index contributed by atoms with van der Waals surface area (Å²) in [5.74, 6) is 0.753. The van der Waals surface area contributed by atoms with Crippen molar-refractivity contribution in [2.75, 3.05) is 0 Å². The second-order valence-electron chi connectivity index (χ2n) is 6.37. The van der Waals surface area contributed by atoms with Gasteiger partial charge in [-0.1, -0.05) is 12.1 Å². The molecule has 1 aromatic heterocycles. The van der Waals surface area contributed by atoms with Crippen LogP contribution in [0, 0.1) is 18.8 Å². The van der Waals surface area contributed by atoms with Crippen LogP contribution in [0.3, 0.4) is 0 Å². The van der Waals surface area contributed by atoms with E-state index in [0.717, 1.165) is 41.5 Å². The summed E-state index contributed by atoms with van der Waals surface area (Å²) < 4.78 is 0. The highest BCUT2D eigenvalue weighted by Crippen LogP contribution is 2.46. The van der Waals surface area contributed by atoms with Crippen molar-refractivity contribution in [1.82, 2.24) is 0 Å². The molecule has 1 fully saturated rings. The Morgan fingerprint density at radius 2 is 1.95 bits per heavy atom. The molecule has 0 aliphatic heterocycles. The van der Waals surface area contributed by atoms with Crippen LogP contribution in [0.4, 0.5) is 0 Å². The fraction of sp³-hybridized carbons (Fsp3) is 0.316. The van der Waals surface area contributed by atoms with E-state index in [9.17, 15) is 9.90 Å². The van der Waals surface area contributed by atoms with E-state index in [0.29, 0.717) is 11.3 Å². The van der Waals surface area contributed by atoms with E-state index in [-0.39, 0.29) is 17.6 Å². The van der Waals surface area contributed by atoms with E-state index in [2.05, 4.69) is 29.0 Å². The van der Waals surface area contributed by atoms with Crippen LogP contribution in [0.25, 0.3) is 16.7 Å². The molecule has 0 amide bonds. The molecule has 2 atom stereocenters. The first-order chi connectivity index (χ1) is 10.6. The lowest BCUT2D eigenvalue weighted by atomic mass is 9.81. The SMILES string of the molecule is Cc1ccc(-c2ccsc2)cc1C1=C(O)[C@H]2CC[C@H](C2)C1=O. The number of hydrogen-bond acceptors (Lipinski definition) is 3. The third-order valence-electron chi connectivity index (χ3n) is 5.05. The molecule has 2 nitrogen and oxygen atoms in total. The molecule has 2 aromatic rings. The molecule has 0 radical (unpaired) electrons. The molecule has 0 unspecified atom stereocenters. The molecule has 2 aliphatic carbocycles. The van der Waals surface area contributed by atoms with Gasteiger partial charge in [-0.2, -0.15) is 11.3 Å². The summed E-state index contributed by atoms with van der Waals surface area (Å²) >= 11 is 1.66. The number of ketones is 1. The molecule has 1 aromatic carbocycles. The summed E-state index contributed by atoms with van der Waals surface area (Å²) in [4.78, 5) is 12.7. The van der Waals surface area contributed by atoms with Gasteiger partial charge >= 0.3 is 0 Å². The second-order valence-corrected chi connectivity index (χ2v) is 7.15. The molecule has 0 saturated heterocycles. The van der Waals surface area contributed by atoms with E-state index < -0.39 is 0 Å². The summed E-state index contributed by atoms with van der Waals surface area (Å²) in [6, 6.07) is 8.28. The van der Waals surface area contributed by atoms with Crippen LogP contribution in [-0.2, 0) is 4.79 Å². The van der Waals surface area contributed by atoms with Crippen LogP contribution in [0.15, 0.2) is 40.8 Å². The first kappa shape index (κ1) is 13.8. The number of aliphatic hydroxyl groups is 1. The topological polar surface area (TPSA) is 37.3 Å². The number of thiophene rings is 1. The fourth-order valence-electron chi connectivity index (χ4n) is 3.77. The average molecular weight is 310 g/mol. The summed E-state index contributed by atoms with van der Waals surface area (Å²) in [7, 11) is 0. The van der Waals surface area contributed by atoms with Gasteiger partial charge in [0.1, 0.15) is 5.76 Å². The summed E-state index contributed by atoms with van der Waals surface area (Å²) in [5, 5.41) is 14.7. The van der Waals surface area contributed by atoms with Crippen molar-refractivity contribution in [3.05, 3.63) is 51.9 Å². The van der Waals surface area contributed by atoms with Crippen LogP contribution in [0.2, 0.25) is 0 Å². The number of Topliss-reactive ketones (excluding diaryl/α,β-unsaturated/α-hetero) is 1. The van der Waals surface area contributed by atoms with Crippen molar-refractivity contribution in [3.8, 4) is 11.1 Å². The van der Waals surface area contributed by atoms with E-state index in [1.807, 2.05) is 13.0 Å². The predicted molar refractivity (Wildman–Crippen MR) is 89.9 cm³/mol. The van der Waals surface area contributed by atoms with Gasteiger partial charge in [0.2, 0.25) is 0 Å². The summed E-state index contributed by atoms with van der Waals surface area (Å²) in [6.45, 7) is 2.01. The third kappa shape index (κ3) is 2.03. The standard InChI is InChI=1S/C19H18O2S/c1-11-2-3-12(15-6-7-22-10-15)9-16(11)17-18(20)13-4-5-14(8-13)19(17)21/h2-3,6-7,9-10,13-14,20H,4-5,8H2,1H3/t13-,14+/m0/s1. The smallest absolute Gasteiger partial charge is 0.169 e. The van der Waals surface area contributed by atoms with Crippen LogP contribution < -0.4 is 0 Å². The quantitative estimate of drug-likeness (QED) is 0.848. The van der Waals surface area contributed by atoms with Gasteiger partial charge in [-0.15, -0.1) is 0 Å². The van der Waals surface area contributed by atoms with Crippen molar-refractivity contribution in [2.24, 2.45) is 11.8 Å². The van der Waals surface area contributed by atoms with Crippen LogP contribution >= 0.6 is 11.3 Å². The second kappa shape index (κ2) is 5.10. The molecule has 2 aliphatic rings. The highest BCUT2D eigenvalue weighted by Gasteiger charge is 2.41. The highest BCUT2D eigenvalue weighted by molar-refractivity contribution is 7.08. The Hall–Kier alpha value is -1.87. The maximum absolute atomic E-state index is 12.7. The number of hydrogen-bond donors (Lipinski definition) is 1. The van der Waals surface area contributed by atoms with Gasteiger partial charge in [0.25, 0.3) is 0 Å². The minimum atomic E-state index is 0.111. The Bertz CT molecular complexity index is 771. The number of rotatable bonds is 2. The predicted octanol–water partition coefficient (Wildman–Crippen LogP) is 4.99. The van der Waals surface area contributed by atoms with Crippen LogP contribution in [0.1, 0.15) is 30.4 Å². The molecular formula is C19H18O2S. The highest BCUT2D eigenvalue weighted by atomic mass is 32.1. The van der Waals surface area contributed by atoms with Crippen molar-refractivity contribution in [2.45, 2.75) is 26.2 Å². The molecule has 3 heteroatoms. The zero-order chi connectivity index (χ0) is 15.3. The maximum Gasteiger partial charge on any atom is 0.169 e. The van der Waals surface area contributed by atoms with E-state index in [1.54, 1.807) is 11.3 Å².